The lowest BCUT2D eigenvalue weighted by Crippen LogP contribution is -2.35. The van der Waals surface area contributed by atoms with Crippen LogP contribution in [0.3, 0.4) is 0 Å². The zero-order chi connectivity index (χ0) is 21.6. The van der Waals surface area contributed by atoms with E-state index in [4.69, 9.17) is 4.74 Å². The minimum absolute atomic E-state index is 0.144. The molecular weight excluding hydrogens is 398 g/mol. The van der Waals surface area contributed by atoms with E-state index in [9.17, 15) is 13.2 Å². The summed E-state index contributed by atoms with van der Waals surface area (Å²) in [7, 11) is -3.57. The second kappa shape index (κ2) is 9.59. The molecule has 0 aliphatic rings. The van der Waals surface area contributed by atoms with E-state index >= 15 is 0 Å². The van der Waals surface area contributed by atoms with Gasteiger partial charge in [-0.15, -0.1) is 0 Å². The molecule has 0 unspecified atom stereocenters. The monoisotopic (exact) mass is 423 g/mol. The molecular formula is C24H25NO4S. The molecule has 0 saturated heterocycles. The zero-order valence-corrected chi connectivity index (χ0v) is 17.9. The van der Waals surface area contributed by atoms with Crippen LogP contribution in [0.5, 0.6) is 11.5 Å². The van der Waals surface area contributed by atoms with Crippen LogP contribution in [0.1, 0.15) is 18.1 Å². The Morgan fingerprint density at radius 2 is 1.40 bits per heavy atom. The number of hydrogen-bond donors (Lipinski definition) is 0. The Kier molecular flexibility index (Phi) is 6.90. The van der Waals surface area contributed by atoms with Gasteiger partial charge < -0.3 is 4.74 Å². The number of hydrogen-bond acceptors (Lipinski definition) is 4. The van der Waals surface area contributed by atoms with Gasteiger partial charge in [0.15, 0.2) is 5.78 Å². The normalized spacial score (nSPS) is 11.1. The number of Topliss-reactive ketones (excluding diaryl/α,β-unsaturated/α-hetero) is 1. The van der Waals surface area contributed by atoms with Crippen LogP contribution >= 0.6 is 0 Å². The van der Waals surface area contributed by atoms with Crippen molar-refractivity contribution in [1.82, 2.24) is 0 Å². The third-order valence-electron chi connectivity index (χ3n) is 4.66. The summed E-state index contributed by atoms with van der Waals surface area (Å²) in [6.07, 6.45) is 2.12. The Morgan fingerprint density at radius 1 is 0.833 bits per heavy atom. The van der Waals surface area contributed by atoms with Gasteiger partial charge in [-0.2, -0.15) is 0 Å². The Balaban J connectivity index is 1.66. The van der Waals surface area contributed by atoms with E-state index in [1.807, 2.05) is 61.5 Å². The quantitative estimate of drug-likeness (QED) is 0.504. The molecule has 6 heteroatoms. The highest BCUT2D eigenvalue weighted by Gasteiger charge is 2.21. The molecule has 30 heavy (non-hydrogen) atoms. The third kappa shape index (κ3) is 5.94. The molecule has 3 aromatic rings. The summed E-state index contributed by atoms with van der Waals surface area (Å²) >= 11 is 0. The minimum atomic E-state index is -3.57. The third-order valence-corrected chi connectivity index (χ3v) is 5.80. The summed E-state index contributed by atoms with van der Waals surface area (Å²) in [5.41, 5.74) is 2.40. The number of rotatable bonds is 9. The van der Waals surface area contributed by atoms with Crippen molar-refractivity contribution in [3.8, 4) is 11.5 Å². The average Bonchev–Trinajstić information content (AvgIpc) is 2.73. The number of carbonyl (C=O) groups is 1. The van der Waals surface area contributed by atoms with Gasteiger partial charge in [0.05, 0.1) is 18.5 Å². The summed E-state index contributed by atoms with van der Waals surface area (Å²) in [6.45, 7) is 1.83. The molecule has 5 nitrogen and oxygen atoms in total. The minimum Gasteiger partial charge on any atom is -0.457 e. The molecule has 0 bridgehead atoms. The van der Waals surface area contributed by atoms with Crippen molar-refractivity contribution in [2.75, 3.05) is 17.1 Å². The molecule has 156 valence electrons. The highest BCUT2D eigenvalue weighted by Crippen LogP contribution is 2.22. The van der Waals surface area contributed by atoms with Gasteiger partial charge in [0.25, 0.3) is 0 Å². The van der Waals surface area contributed by atoms with Crippen LogP contribution in [0, 0.1) is 0 Å². The maximum atomic E-state index is 12.6. The Hall–Kier alpha value is -3.12. The maximum Gasteiger partial charge on any atom is 0.232 e. The zero-order valence-electron chi connectivity index (χ0n) is 17.1. The van der Waals surface area contributed by atoms with Crippen molar-refractivity contribution < 1.29 is 17.9 Å². The summed E-state index contributed by atoms with van der Waals surface area (Å²) in [5, 5.41) is 0. The number of nitrogens with zero attached hydrogens (tertiary/aromatic N) is 1. The first kappa shape index (κ1) is 21.6. The van der Waals surface area contributed by atoms with Crippen LogP contribution in [0.4, 0.5) is 5.69 Å². The lowest BCUT2D eigenvalue weighted by Gasteiger charge is -2.22. The predicted molar refractivity (Wildman–Crippen MR) is 120 cm³/mol. The van der Waals surface area contributed by atoms with Gasteiger partial charge in [-0.05, 0) is 53.9 Å². The van der Waals surface area contributed by atoms with Crippen LogP contribution in [-0.4, -0.2) is 27.0 Å². The second-order valence-corrected chi connectivity index (χ2v) is 8.97. The Morgan fingerprint density at radius 3 is 1.97 bits per heavy atom. The molecule has 0 N–H and O–H groups in total. The van der Waals surface area contributed by atoms with Crippen molar-refractivity contribution in [1.29, 1.82) is 0 Å². The van der Waals surface area contributed by atoms with E-state index in [2.05, 4.69) is 0 Å². The molecule has 0 aliphatic carbocycles. The molecule has 0 aliphatic heterocycles. The van der Waals surface area contributed by atoms with Gasteiger partial charge in [0.2, 0.25) is 10.0 Å². The molecule has 3 aromatic carbocycles. The van der Waals surface area contributed by atoms with E-state index in [0.29, 0.717) is 11.4 Å². The van der Waals surface area contributed by atoms with Crippen molar-refractivity contribution in [3.05, 3.63) is 90.0 Å². The number of benzene rings is 3. The molecule has 0 heterocycles. The fourth-order valence-electron chi connectivity index (χ4n) is 3.04. The molecule has 0 atom stereocenters. The summed E-state index contributed by atoms with van der Waals surface area (Å²) in [4.78, 5) is 12.6. The van der Waals surface area contributed by atoms with Crippen molar-refractivity contribution in [3.63, 3.8) is 0 Å². The first-order valence-corrected chi connectivity index (χ1v) is 11.6. The smallest absolute Gasteiger partial charge is 0.232 e. The number of carbonyl (C=O) groups excluding carboxylic acids is 1. The highest BCUT2D eigenvalue weighted by molar-refractivity contribution is 7.92. The fraction of sp³-hybridized carbons (Fsp3) is 0.208. The van der Waals surface area contributed by atoms with Gasteiger partial charge >= 0.3 is 0 Å². The maximum absolute atomic E-state index is 12.6. The Bertz CT molecular complexity index is 1080. The van der Waals surface area contributed by atoms with Crippen LogP contribution in [-0.2, 0) is 27.7 Å². The summed E-state index contributed by atoms with van der Waals surface area (Å²) < 4.78 is 31.4. The van der Waals surface area contributed by atoms with Gasteiger partial charge in [-0.1, -0.05) is 49.4 Å². The van der Waals surface area contributed by atoms with Crippen LogP contribution in [0.25, 0.3) is 0 Å². The lowest BCUT2D eigenvalue weighted by atomic mass is 10.1. The van der Waals surface area contributed by atoms with Gasteiger partial charge in [-0.25, -0.2) is 8.42 Å². The Labute approximate surface area is 178 Å². The van der Waals surface area contributed by atoms with Gasteiger partial charge in [-0.3, -0.25) is 9.10 Å². The fourth-order valence-corrected chi connectivity index (χ4v) is 3.92. The van der Waals surface area contributed by atoms with E-state index in [1.54, 1.807) is 24.3 Å². The molecule has 0 spiro atoms. The largest absolute Gasteiger partial charge is 0.457 e. The second-order valence-electron chi connectivity index (χ2n) is 7.06. The topological polar surface area (TPSA) is 63.7 Å². The first-order valence-electron chi connectivity index (χ1n) is 9.75. The SMILES string of the molecule is CCc1ccc(N(CC(=O)Cc2ccc(Oc3ccccc3)cc2)S(C)(=O)=O)cc1. The number of para-hydroxylation sites is 1. The molecule has 0 aromatic heterocycles. The van der Waals surface area contributed by atoms with E-state index in [-0.39, 0.29) is 18.7 Å². The molecule has 0 saturated carbocycles. The number of sulfonamides is 1. The van der Waals surface area contributed by atoms with Gasteiger partial charge in [0, 0.05) is 6.42 Å². The number of ketones is 1. The number of anilines is 1. The van der Waals surface area contributed by atoms with Crippen molar-refractivity contribution in [2.45, 2.75) is 19.8 Å². The highest BCUT2D eigenvalue weighted by atomic mass is 32.2. The number of aryl methyl sites for hydroxylation is 1. The first-order chi connectivity index (χ1) is 14.3. The molecule has 0 radical (unpaired) electrons. The lowest BCUT2D eigenvalue weighted by molar-refractivity contribution is -0.117. The van der Waals surface area contributed by atoms with E-state index in [1.165, 1.54) is 0 Å². The van der Waals surface area contributed by atoms with Crippen LogP contribution < -0.4 is 9.04 Å². The van der Waals surface area contributed by atoms with Crippen LogP contribution in [0.15, 0.2) is 78.9 Å². The molecule has 3 rings (SSSR count). The average molecular weight is 424 g/mol. The predicted octanol–water partition coefficient (Wildman–Crippen LogP) is 4.62. The van der Waals surface area contributed by atoms with Crippen LogP contribution in [0.2, 0.25) is 0 Å². The molecule has 0 amide bonds. The van der Waals surface area contributed by atoms with E-state index < -0.39 is 10.0 Å². The molecule has 0 fully saturated rings. The standard InChI is InChI=1S/C24H25NO4S/c1-3-19-9-13-21(14-10-19)25(30(2,27)28)18-22(26)17-20-11-15-24(16-12-20)29-23-7-5-4-6-8-23/h4-16H,3,17-18H2,1-2H3. The summed E-state index contributed by atoms with van der Waals surface area (Å²) in [6, 6.07) is 23.9. The van der Waals surface area contributed by atoms with Gasteiger partial charge in [0.1, 0.15) is 11.5 Å². The summed E-state index contributed by atoms with van der Waals surface area (Å²) in [5.74, 6) is 1.22. The van der Waals surface area contributed by atoms with E-state index in [0.717, 1.165) is 33.9 Å². The van der Waals surface area contributed by atoms with Crippen molar-refractivity contribution in [2.24, 2.45) is 0 Å². The van der Waals surface area contributed by atoms with Crippen molar-refractivity contribution >= 4 is 21.5 Å². The number of ether oxygens (including phenoxy) is 1.